The van der Waals surface area contributed by atoms with Crippen LogP contribution in [0.25, 0.3) is 0 Å². The minimum atomic E-state index is 0.449. The fourth-order valence-corrected chi connectivity index (χ4v) is 2.11. The van der Waals surface area contributed by atoms with Crippen molar-refractivity contribution >= 4 is 0 Å². The molecule has 0 aromatic carbocycles. The van der Waals surface area contributed by atoms with Gasteiger partial charge in [-0.05, 0) is 24.4 Å². The Labute approximate surface area is 96.4 Å². The van der Waals surface area contributed by atoms with E-state index >= 15 is 0 Å². The first kappa shape index (κ1) is 11.5. The molecule has 16 heavy (non-hydrogen) atoms. The zero-order valence-electron chi connectivity index (χ0n) is 10.2. The molecule has 0 radical (unpaired) electrons. The minimum absolute atomic E-state index is 0.449. The molecule has 1 N–H and O–H groups in total. The molecule has 2 heterocycles. The van der Waals surface area contributed by atoms with Gasteiger partial charge < -0.3 is 10.1 Å². The third kappa shape index (κ3) is 2.23. The van der Waals surface area contributed by atoms with Gasteiger partial charge in [0.1, 0.15) is 6.61 Å². The highest BCUT2D eigenvalue weighted by Crippen LogP contribution is 2.22. The van der Waals surface area contributed by atoms with Crippen LogP contribution in [-0.4, -0.2) is 23.6 Å². The molecule has 1 aliphatic heterocycles. The maximum Gasteiger partial charge on any atom is 0.154 e. The molecule has 0 spiro atoms. The first-order chi connectivity index (χ1) is 7.72. The van der Waals surface area contributed by atoms with Crippen molar-refractivity contribution in [2.24, 2.45) is 0 Å². The zero-order valence-corrected chi connectivity index (χ0v) is 10.2. The summed E-state index contributed by atoms with van der Waals surface area (Å²) in [4.78, 5) is 9.16. The second-order valence-corrected chi connectivity index (χ2v) is 4.46. The largest absolute Gasteiger partial charge is 0.377 e. The first-order valence-electron chi connectivity index (χ1n) is 5.80. The quantitative estimate of drug-likeness (QED) is 0.838. The zero-order chi connectivity index (χ0) is 11.5. The lowest BCUT2D eigenvalue weighted by Crippen LogP contribution is -2.27. The number of fused-ring (bicyclic) bond motifs is 1. The summed E-state index contributed by atoms with van der Waals surface area (Å²) in [5, 5.41) is 3.35. The molecule has 1 aromatic rings. The average molecular weight is 221 g/mol. The van der Waals surface area contributed by atoms with Crippen molar-refractivity contribution in [3.63, 3.8) is 0 Å². The van der Waals surface area contributed by atoms with Crippen LogP contribution in [0.15, 0.2) is 0 Å². The highest BCUT2D eigenvalue weighted by Gasteiger charge is 2.18. The highest BCUT2D eigenvalue weighted by molar-refractivity contribution is 5.30. The molecule has 4 nitrogen and oxygen atoms in total. The molecule has 0 atom stereocenters. The lowest BCUT2D eigenvalue weighted by molar-refractivity contribution is 0.177. The molecule has 0 bridgehead atoms. The number of methoxy groups -OCH3 is 1. The Kier molecular flexibility index (Phi) is 3.51. The van der Waals surface area contributed by atoms with E-state index in [-0.39, 0.29) is 0 Å². The van der Waals surface area contributed by atoms with Gasteiger partial charge in [-0.15, -0.1) is 0 Å². The maximum absolute atomic E-state index is 5.11. The number of nitrogens with one attached hydrogen (secondary N) is 1. The van der Waals surface area contributed by atoms with Crippen LogP contribution in [-0.2, 0) is 24.3 Å². The van der Waals surface area contributed by atoms with Crippen LogP contribution in [0.1, 0.15) is 42.5 Å². The van der Waals surface area contributed by atoms with Crippen molar-refractivity contribution in [2.75, 3.05) is 13.7 Å². The molecule has 1 aliphatic rings. The van der Waals surface area contributed by atoms with Crippen molar-refractivity contribution in [3.8, 4) is 0 Å². The summed E-state index contributed by atoms with van der Waals surface area (Å²) < 4.78 is 5.11. The normalized spacial score (nSPS) is 15.2. The van der Waals surface area contributed by atoms with Crippen LogP contribution < -0.4 is 5.32 Å². The van der Waals surface area contributed by atoms with Crippen molar-refractivity contribution in [3.05, 3.63) is 22.8 Å². The second kappa shape index (κ2) is 4.89. The molecule has 88 valence electrons. The van der Waals surface area contributed by atoms with E-state index < -0.39 is 0 Å². The average Bonchev–Trinajstić information content (AvgIpc) is 2.28. The van der Waals surface area contributed by atoms with Gasteiger partial charge in [0, 0.05) is 13.7 Å². The summed E-state index contributed by atoms with van der Waals surface area (Å²) >= 11 is 0. The number of aromatic nitrogens is 2. The Morgan fingerprint density at radius 2 is 2.19 bits per heavy atom. The minimum Gasteiger partial charge on any atom is -0.377 e. The second-order valence-electron chi connectivity index (χ2n) is 4.46. The van der Waals surface area contributed by atoms with Crippen LogP contribution in [0.3, 0.4) is 0 Å². The van der Waals surface area contributed by atoms with Crippen molar-refractivity contribution in [1.82, 2.24) is 15.3 Å². The van der Waals surface area contributed by atoms with Crippen LogP contribution >= 0.6 is 0 Å². The van der Waals surface area contributed by atoms with E-state index in [0.717, 1.165) is 31.0 Å². The van der Waals surface area contributed by atoms with Crippen LogP contribution in [0.4, 0.5) is 0 Å². The van der Waals surface area contributed by atoms with E-state index in [2.05, 4.69) is 29.1 Å². The van der Waals surface area contributed by atoms with Gasteiger partial charge in [0.15, 0.2) is 5.82 Å². The Bertz CT molecular complexity index is 377. The Morgan fingerprint density at radius 3 is 2.88 bits per heavy atom. The lowest BCUT2D eigenvalue weighted by Gasteiger charge is -2.21. The van der Waals surface area contributed by atoms with E-state index in [0.29, 0.717) is 12.5 Å². The highest BCUT2D eigenvalue weighted by atomic mass is 16.5. The third-order valence-corrected chi connectivity index (χ3v) is 2.84. The monoisotopic (exact) mass is 221 g/mol. The SMILES string of the molecule is COCc1nc2c(c(C(C)C)n1)CCNC2. The van der Waals surface area contributed by atoms with E-state index in [9.17, 15) is 0 Å². The molecular weight excluding hydrogens is 202 g/mol. The van der Waals surface area contributed by atoms with E-state index in [4.69, 9.17) is 4.74 Å². The van der Waals surface area contributed by atoms with Crippen molar-refractivity contribution in [2.45, 2.75) is 39.3 Å². The molecule has 0 saturated carbocycles. The number of ether oxygens (including phenoxy) is 1. The molecular formula is C12H19N3O. The number of nitrogens with zero attached hydrogens (tertiary/aromatic N) is 2. The van der Waals surface area contributed by atoms with Gasteiger partial charge in [0.05, 0.1) is 11.4 Å². The van der Waals surface area contributed by atoms with Gasteiger partial charge in [-0.25, -0.2) is 9.97 Å². The summed E-state index contributed by atoms with van der Waals surface area (Å²) in [7, 11) is 1.68. The summed E-state index contributed by atoms with van der Waals surface area (Å²) in [6, 6.07) is 0. The van der Waals surface area contributed by atoms with Crippen LogP contribution in [0.2, 0.25) is 0 Å². The molecule has 0 fully saturated rings. The predicted octanol–water partition coefficient (Wildman–Crippen LogP) is 1.39. The molecule has 0 unspecified atom stereocenters. The lowest BCUT2D eigenvalue weighted by atomic mass is 9.97. The molecule has 0 saturated heterocycles. The summed E-state index contributed by atoms with van der Waals surface area (Å²) in [5.74, 6) is 1.25. The van der Waals surface area contributed by atoms with Gasteiger partial charge in [-0.2, -0.15) is 0 Å². The standard InChI is InChI=1S/C12H19N3O/c1-8(2)12-9-4-5-13-6-10(9)14-11(15-12)7-16-3/h8,13H,4-7H2,1-3H3. The van der Waals surface area contributed by atoms with Crippen LogP contribution in [0, 0.1) is 0 Å². The fourth-order valence-electron chi connectivity index (χ4n) is 2.11. The Balaban J connectivity index is 2.43. The molecule has 4 heteroatoms. The van der Waals surface area contributed by atoms with Gasteiger partial charge in [-0.3, -0.25) is 0 Å². The fraction of sp³-hybridized carbons (Fsp3) is 0.667. The Hall–Kier alpha value is -1.00. The van der Waals surface area contributed by atoms with Crippen molar-refractivity contribution < 1.29 is 4.74 Å². The van der Waals surface area contributed by atoms with Gasteiger partial charge >= 0.3 is 0 Å². The third-order valence-electron chi connectivity index (χ3n) is 2.84. The molecule has 1 aromatic heterocycles. The summed E-state index contributed by atoms with van der Waals surface area (Å²) in [6.07, 6.45) is 1.04. The molecule has 0 amide bonds. The Morgan fingerprint density at radius 1 is 1.38 bits per heavy atom. The first-order valence-corrected chi connectivity index (χ1v) is 5.80. The predicted molar refractivity (Wildman–Crippen MR) is 62.2 cm³/mol. The number of hydrogen-bond donors (Lipinski definition) is 1. The van der Waals surface area contributed by atoms with E-state index in [1.165, 1.54) is 11.3 Å². The smallest absolute Gasteiger partial charge is 0.154 e. The topological polar surface area (TPSA) is 47.0 Å². The number of rotatable bonds is 3. The summed E-state index contributed by atoms with van der Waals surface area (Å²) in [5.41, 5.74) is 3.68. The van der Waals surface area contributed by atoms with Gasteiger partial charge in [-0.1, -0.05) is 13.8 Å². The van der Waals surface area contributed by atoms with Crippen molar-refractivity contribution in [1.29, 1.82) is 0 Å². The van der Waals surface area contributed by atoms with Gasteiger partial charge in [0.2, 0.25) is 0 Å². The molecule has 2 rings (SSSR count). The van der Waals surface area contributed by atoms with Gasteiger partial charge in [0.25, 0.3) is 0 Å². The summed E-state index contributed by atoms with van der Waals surface area (Å²) in [6.45, 7) is 6.74. The van der Waals surface area contributed by atoms with Crippen LogP contribution in [0.5, 0.6) is 0 Å². The van der Waals surface area contributed by atoms with E-state index in [1.807, 2.05) is 0 Å². The maximum atomic E-state index is 5.11. The van der Waals surface area contributed by atoms with E-state index in [1.54, 1.807) is 7.11 Å². The number of hydrogen-bond acceptors (Lipinski definition) is 4. The molecule has 0 aliphatic carbocycles.